The Kier molecular flexibility index (Phi) is 6.89. The number of piperidine rings is 1. The van der Waals surface area contributed by atoms with Gasteiger partial charge in [0.25, 0.3) is 12.2 Å². The number of hydrogen-bond acceptors (Lipinski definition) is 6. The Balaban J connectivity index is 1.05. The fourth-order valence-corrected chi connectivity index (χ4v) is 5.55. The number of hydrogen-bond donors (Lipinski definition) is 1. The van der Waals surface area contributed by atoms with Gasteiger partial charge in [0.2, 0.25) is 11.8 Å². The second kappa shape index (κ2) is 10.6. The molecule has 3 amide bonds. The molecule has 2 fully saturated rings. The molecule has 3 aliphatic heterocycles. The molecule has 40 heavy (non-hydrogen) atoms. The zero-order valence-corrected chi connectivity index (χ0v) is 22.0. The number of aldehydes is 1. The minimum atomic E-state index is -0.636. The van der Waals surface area contributed by atoms with E-state index in [9.17, 15) is 18.8 Å². The summed E-state index contributed by atoms with van der Waals surface area (Å²) in [5.41, 5.74) is 3.14. The number of likely N-dealkylation sites (tertiary alicyclic amines) is 1. The number of halogens is 1. The number of carbonyl (C=O) groups excluding carboxylic acids is 4. The predicted molar refractivity (Wildman–Crippen MR) is 141 cm³/mol. The van der Waals surface area contributed by atoms with Crippen molar-refractivity contribution in [1.29, 1.82) is 0 Å². The lowest BCUT2D eigenvalue weighted by Gasteiger charge is -2.29. The van der Waals surface area contributed by atoms with Crippen molar-refractivity contribution in [2.24, 2.45) is 5.92 Å². The highest BCUT2D eigenvalue weighted by molar-refractivity contribution is 6.05. The molecule has 2 aromatic carbocycles. The fraction of sp³-hybridized carbons (Fsp3) is 0.345. The van der Waals surface area contributed by atoms with E-state index in [0.717, 1.165) is 42.9 Å². The van der Waals surface area contributed by atoms with Crippen LogP contribution in [0.3, 0.4) is 0 Å². The molecule has 2 unspecified atom stereocenters. The normalized spacial score (nSPS) is 21.4. The Morgan fingerprint density at radius 1 is 1.18 bits per heavy atom. The van der Waals surface area contributed by atoms with Crippen LogP contribution in [-0.2, 0) is 27.1 Å². The lowest BCUT2D eigenvalue weighted by Crippen LogP contribution is -2.52. The summed E-state index contributed by atoms with van der Waals surface area (Å²) < 4.78 is 26.5. The zero-order chi connectivity index (χ0) is 27.8. The number of rotatable bonds is 7. The molecule has 3 aliphatic rings. The maximum absolute atomic E-state index is 13.7. The summed E-state index contributed by atoms with van der Waals surface area (Å²) in [6, 6.07) is 9.36. The highest BCUT2D eigenvalue weighted by atomic mass is 19.1. The first kappa shape index (κ1) is 25.9. The maximum Gasteiger partial charge on any atom is 0.352 e. The smallest absolute Gasteiger partial charge is 0.352 e. The van der Waals surface area contributed by atoms with Crippen LogP contribution in [0.1, 0.15) is 40.7 Å². The molecule has 11 heteroatoms. The molecule has 4 heterocycles. The molecule has 0 bridgehead atoms. The molecule has 1 N–H and O–H groups in total. The van der Waals surface area contributed by atoms with Gasteiger partial charge in [0, 0.05) is 61.6 Å². The Labute approximate surface area is 230 Å². The number of ether oxygens (including phenoxy) is 1. The van der Waals surface area contributed by atoms with Gasteiger partial charge in [-0.15, -0.1) is 0 Å². The second-order valence-corrected chi connectivity index (χ2v) is 10.4. The van der Waals surface area contributed by atoms with Crippen molar-refractivity contribution in [3.63, 3.8) is 0 Å². The zero-order valence-electron chi connectivity index (χ0n) is 22.0. The molecule has 1 aromatic heterocycles. The summed E-state index contributed by atoms with van der Waals surface area (Å²) >= 11 is 0. The van der Waals surface area contributed by atoms with E-state index in [1.807, 2.05) is 24.7 Å². The van der Waals surface area contributed by atoms with Crippen LogP contribution in [0.4, 0.5) is 4.39 Å². The first-order valence-corrected chi connectivity index (χ1v) is 13.3. The number of nitrogens with one attached hydrogen (secondary N) is 1. The standard InChI is InChI=1S/C29H28FN5O5/c1-39-26-11-21(2-5-24(26)30)35-15-19(12-31-35)14-33-9-8-18(13-33)17-40-22-3-4-23-20(10-22)16-34(29(23)38)25-6-7-27(36)32-28(25)37/h2-5,10-12,15,17-18,25H,6-9,13-14,16H2,1H3/p+1. The van der Waals surface area contributed by atoms with E-state index in [0.29, 0.717) is 24.3 Å². The summed E-state index contributed by atoms with van der Waals surface area (Å²) in [5.74, 6) is -0.276. The molecule has 2 saturated heterocycles. The molecule has 0 saturated carbocycles. The third-order valence-corrected chi connectivity index (χ3v) is 7.64. The van der Waals surface area contributed by atoms with Crippen LogP contribution >= 0.6 is 0 Å². The topological polar surface area (TPSA) is 108 Å². The quantitative estimate of drug-likeness (QED) is 0.278. The highest BCUT2D eigenvalue weighted by Crippen LogP contribution is 2.30. The Bertz CT molecular complexity index is 1520. The first-order chi connectivity index (χ1) is 19.4. The van der Waals surface area contributed by atoms with Crippen molar-refractivity contribution >= 4 is 24.0 Å². The number of nitrogens with zero attached hydrogens (tertiary/aromatic N) is 4. The Hall–Kier alpha value is -4.38. The summed E-state index contributed by atoms with van der Waals surface area (Å²) in [6.45, 7) is 2.80. The number of carbonyl (C=O) groups is 3. The molecular formula is C29H29FN5O5+. The molecular weight excluding hydrogens is 517 g/mol. The molecule has 10 nitrogen and oxygen atoms in total. The third-order valence-electron chi connectivity index (χ3n) is 7.64. The van der Waals surface area contributed by atoms with E-state index in [1.54, 1.807) is 28.9 Å². The van der Waals surface area contributed by atoms with Crippen LogP contribution in [0.25, 0.3) is 5.69 Å². The molecule has 0 spiro atoms. The molecule has 0 radical (unpaired) electrons. The van der Waals surface area contributed by atoms with E-state index in [4.69, 9.17) is 9.16 Å². The monoisotopic (exact) mass is 546 g/mol. The first-order valence-electron chi connectivity index (χ1n) is 13.3. The molecule has 2 atom stereocenters. The predicted octanol–water partition coefficient (Wildman–Crippen LogP) is 2.75. The lowest BCUT2D eigenvalue weighted by atomic mass is 10.0. The van der Waals surface area contributed by atoms with Gasteiger partial charge in [0.15, 0.2) is 11.6 Å². The minimum absolute atomic E-state index is 0.175. The fourth-order valence-electron chi connectivity index (χ4n) is 5.55. The third kappa shape index (κ3) is 5.12. The van der Waals surface area contributed by atoms with Crippen molar-refractivity contribution in [2.75, 3.05) is 20.2 Å². The van der Waals surface area contributed by atoms with E-state index in [-0.39, 0.29) is 29.9 Å². The second-order valence-electron chi connectivity index (χ2n) is 10.4. The molecule has 3 aromatic rings. The average Bonchev–Trinajstić information content (AvgIpc) is 3.68. The number of imide groups is 1. The number of fused-ring (bicyclic) bond motifs is 1. The summed E-state index contributed by atoms with van der Waals surface area (Å²) in [5, 5.41) is 6.74. The Morgan fingerprint density at radius 2 is 2.05 bits per heavy atom. The van der Waals surface area contributed by atoms with Crippen LogP contribution in [0, 0.1) is 11.7 Å². The average molecular weight is 547 g/mol. The van der Waals surface area contributed by atoms with Crippen molar-refractivity contribution in [1.82, 2.24) is 24.9 Å². The van der Waals surface area contributed by atoms with Gasteiger partial charge in [-0.3, -0.25) is 24.6 Å². The summed E-state index contributed by atoms with van der Waals surface area (Å²) in [6.07, 6.45) is 7.11. The van der Waals surface area contributed by atoms with Crippen molar-refractivity contribution in [3.05, 3.63) is 71.3 Å². The SMILES string of the molecule is COc1cc(-n2cc(CN3CCC(C=[O+]c4ccc5c(c4)CN(C4CCC(=O)NC4=O)C5=O)C3)cn2)ccc1F. The molecule has 6 rings (SSSR count). The highest BCUT2D eigenvalue weighted by Gasteiger charge is 2.39. The van der Waals surface area contributed by atoms with E-state index >= 15 is 0 Å². The lowest BCUT2D eigenvalue weighted by molar-refractivity contribution is -0.363. The van der Waals surface area contributed by atoms with Gasteiger partial charge >= 0.3 is 5.75 Å². The largest absolute Gasteiger partial charge is 0.494 e. The van der Waals surface area contributed by atoms with Crippen LogP contribution in [0.2, 0.25) is 0 Å². The number of aromatic nitrogens is 2. The van der Waals surface area contributed by atoms with Gasteiger partial charge in [-0.1, -0.05) is 0 Å². The maximum atomic E-state index is 13.7. The summed E-state index contributed by atoms with van der Waals surface area (Å²) in [4.78, 5) is 40.5. The van der Waals surface area contributed by atoms with Crippen LogP contribution in [0.5, 0.6) is 11.5 Å². The van der Waals surface area contributed by atoms with Gasteiger partial charge in [-0.25, -0.2) is 13.5 Å². The van der Waals surface area contributed by atoms with Gasteiger partial charge < -0.3 is 9.64 Å². The van der Waals surface area contributed by atoms with E-state index in [2.05, 4.69) is 15.3 Å². The van der Waals surface area contributed by atoms with E-state index in [1.165, 1.54) is 18.1 Å². The summed E-state index contributed by atoms with van der Waals surface area (Å²) in [7, 11) is 1.43. The van der Waals surface area contributed by atoms with Crippen LogP contribution < -0.4 is 10.1 Å². The molecule has 0 aliphatic carbocycles. The number of benzene rings is 2. The van der Waals surface area contributed by atoms with Crippen LogP contribution in [0.15, 0.2) is 48.8 Å². The van der Waals surface area contributed by atoms with Crippen molar-refractivity contribution < 1.29 is 27.9 Å². The van der Waals surface area contributed by atoms with Gasteiger partial charge in [-0.05, 0) is 43.1 Å². The van der Waals surface area contributed by atoms with Crippen LogP contribution in [-0.4, -0.2) is 69.8 Å². The Morgan fingerprint density at radius 3 is 2.88 bits per heavy atom. The van der Waals surface area contributed by atoms with Crippen molar-refractivity contribution in [3.8, 4) is 17.2 Å². The van der Waals surface area contributed by atoms with Gasteiger partial charge in [-0.2, -0.15) is 5.10 Å². The number of amides is 3. The number of methoxy groups -OCH3 is 1. The minimum Gasteiger partial charge on any atom is -0.494 e. The van der Waals surface area contributed by atoms with Gasteiger partial charge in [0.05, 0.1) is 24.9 Å². The van der Waals surface area contributed by atoms with Gasteiger partial charge in [0.1, 0.15) is 6.04 Å². The van der Waals surface area contributed by atoms with E-state index < -0.39 is 17.8 Å². The molecule has 206 valence electrons. The van der Waals surface area contributed by atoms with Crippen molar-refractivity contribution in [2.45, 2.75) is 38.4 Å².